The number of nitrogens with zero attached hydrogens (tertiary/aromatic N) is 2. The molecule has 176 valence electrons. The van der Waals surface area contributed by atoms with Gasteiger partial charge in [-0.3, -0.25) is 9.59 Å². The van der Waals surface area contributed by atoms with Crippen molar-refractivity contribution >= 4 is 22.7 Å². The highest BCUT2D eigenvalue weighted by Gasteiger charge is 2.21. The van der Waals surface area contributed by atoms with Gasteiger partial charge in [0.25, 0.3) is 0 Å². The SMILES string of the molecule is CCCCN(CC(=O)N(CCc1c[nH]c2ccccc12)Cc1ccc(F)cc1)C(=O)COC. The number of rotatable bonds is 12. The minimum atomic E-state index is -0.314. The van der Waals surface area contributed by atoms with Crippen molar-refractivity contribution in [3.8, 4) is 0 Å². The van der Waals surface area contributed by atoms with E-state index in [0.717, 1.165) is 34.9 Å². The number of unbranched alkanes of at least 4 members (excludes halogenated alkanes) is 1. The number of hydrogen-bond donors (Lipinski definition) is 1. The second-order valence-electron chi connectivity index (χ2n) is 8.15. The van der Waals surface area contributed by atoms with Crippen LogP contribution >= 0.6 is 0 Å². The fourth-order valence-corrected chi connectivity index (χ4v) is 3.81. The number of H-pyrrole nitrogens is 1. The average Bonchev–Trinajstić information content (AvgIpc) is 3.23. The first-order chi connectivity index (χ1) is 16.0. The van der Waals surface area contributed by atoms with Crippen molar-refractivity contribution in [1.82, 2.24) is 14.8 Å². The van der Waals surface area contributed by atoms with Crippen LogP contribution in [0.15, 0.2) is 54.7 Å². The lowest BCUT2D eigenvalue weighted by Gasteiger charge is -2.28. The summed E-state index contributed by atoms with van der Waals surface area (Å²) in [5, 5.41) is 1.13. The molecule has 7 heteroatoms. The van der Waals surface area contributed by atoms with Crippen LogP contribution in [0.5, 0.6) is 0 Å². The van der Waals surface area contributed by atoms with E-state index in [1.165, 1.54) is 19.2 Å². The molecule has 0 radical (unpaired) electrons. The van der Waals surface area contributed by atoms with Crippen molar-refractivity contribution in [3.63, 3.8) is 0 Å². The number of methoxy groups -OCH3 is 1. The van der Waals surface area contributed by atoms with E-state index in [9.17, 15) is 14.0 Å². The number of nitrogens with one attached hydrogen (secondary N) is 1. The molecule has 2 amide bonds. The molecular weight excluding hydrogens is 421 g/mol. The Morgan fingerprint density at radius 3 is 2.48 bits per heavy atom. The summed E-state index contributed by atoms with van der Waals surface area (Å²) in [5.74, 6) is -0.649. The van der Waals surface area contributed by atoms with E-state index < -0.39 is 0 Å². The van der Waals surface area contributed by atoms with Gasteiger partial charge in [-0.05, 0) is 42.2 Å². The molecule has 0 bridgehead atoms. The maximum Gasteiger partial charge on any atom is 0.249 e. The van der Waals surface area contributed by atoms with E-state index in [1.807, 2.05) is 31.3 Å². The summed E-state index contributed by atoms with van der Waals surface area (Å²) in [7, 11) is 1.47. The van der Waals surface area contributed by atoms with E-state index in [2.05, 4.69) is 11.1 Å². The molecule has 0 fully saturated rings. The van der Waals surface area contributed by atoms with E-state index in [0.29, 0.717) is 26.1 Å². The molecule has 0 aliphatic carbocycles. The molecule has 2 aromatic carbocycles. The lowest BCUT2D eigenvalue weighted by molar-refractivity contribution is -0.143. The normalized spacial score (nSPS) is 11.0. The number of amides is 2. The van der Waals surface area contributed by atoms with Crippen LogP contribution in [0.3, 0.4) is 0 Å². The minimum Gasteiger partial charge on any atom is -0.375 e. The van der Waals surface area contributed by atoms with Crippen LogP contribution in [0, 0.1) is 5.82 Å². The Balaban J connectivity index is 1.76. The van der Waals surface area contributed by atoms with Crippen molar-refractivity contribution in [2.75, 3.05) is 33.4 Å². The number of halogens is 1. The fourth-order valence-electron chi connectivity index (χ4n) is 3.81. The highest BCUT2D eigenvalue weighted by molar-refractivity contribution is 5.86. The first-order valence-corrected chi connectivity index (χ1v) is 11.4. The van der Waals surface area contributed by atoms with Crippen LogP contribution < -0.4 is 0 Å². The summed E-state index contributed by atoms with van der Waals surface area (Å²) >= 11 is 0. The van der Waals surface area contributed by atoms with Gasteiger partial charge in [-0.1, -0.05) is 43.7 Å². The highest BCUT2D eigenvalue weighted by Crippen LogP contribution is 2.19. The summed E-state index contributed by atoms with van der Waals surface area (Å²) in [6, 6.07) is 14.2. The number of para-hydroxylation sites is 1. The van der Waals surface area contributed by atoms with Crippen molar-refractivity contribution in [2.45, 2.75) is 32.7 Å². The van der Waals surface area contributed by atoms with Crippen molar-refractivity contribution in [2.24, 2.45) is 0 Å². The molecule has 0 aliphatic heterocycles. The summed E-state index contributed by atoms with van der Waals surface area (Å²) in [5.41, 5.74) is 3.02. The molecule has 33 heavy (non-hydrogen) atoms. The molecule has 6 nitrogen and oxygen atoms in total. The Labute approximate surface area is 194 Å². The molecule has 3 aromatic rings. The van der Waals surface area contributed by atoms with Crippen LogP contribution in [0.1, 0.15) is 30.9 Å². The molecule has 0 saturated heterocycles. The van der Waals surface area contributed by atoms with Crippen LogP contribution in [-0.4, -0.2) is 59.9 Å². The Morgan fingerprint density at radius 2 is 1.76 bits per heavy atom. The number of ether oxygens (including phenoxy) is 1. The third-order valence-electron chi connectivity index (χ3n) is 5.69. The van der Waals surface area contributed by atoms with Gasteiger partial charge in [0.05, 0.1) is 6.54 Å². The molecule has 1 aromatic heterocycles. The van der Waals surface area contributed by atoms with Crippen molar-refractivity contribution in [1.29, 1.82) is 0 Å². The van der Waals surface area contributed by atoms with Crippen LogP contribution in [0.4, 0.5) is 4.39 Å². The van der Waals surface area contributed by atoms with Gasteiger partial charge in [0.2, 0.25) is 11.8 Å². The Kier molecular flexibility index (Phi) is 9.01. The zero-order chi connectivity index (χ0) is 23.6. The Bertz CT molecular complexity index is 1050. The molecule has 0 unspecified atom stereocenters. The van der Waals surface area contributed by atoms with E-state index in [4.69, 9.17) is 4.74 Å². The standard InChI is InChI=1S/C26H32FN3O3/c1-3-4-14-29(26(32)19-33-2)18-25(31)30(17-20-9-11-22(27)12-10-20)15-13-21-16-28-24-8-6-5-7-23(21)24/h5-12,16,28H,3-4,13-15,17-19H2,1-2H3. The number of aromatic nitrogens is 1. The lowest BCUT2D eigenvalue weighted by atomic mass is 10.1. The molecule has 1 N–H and O–H groups in total. The van der Waals surface area contributed by atoms with Crippen LogP contribution in [-0.2, 0) is 27.3 Å². The second kappa shape index (κ2) is 12.2. The summed E-state index contributed by atoms with van der Waals surface area (Å²) in [4.78, 5) is 32.4. The molecule has 0 spiro atoms. The number of benzene rings is 2. The maximum atomic E-state index is 13.4. The monoisotopic (exact) mass is 453 g/mol. The summed E-state index contributed by atoms with van der Waals surface area (Å²) in [6.45, 7) is 3.33. The van der Waals surface area contributed by atoms with Gasteiger partial charge in [-0.15, -0.1) is 0 Å². The third-order valence-corrected chi connectivity index (χ3v) is 5.69. The van der Waals surface area contributed by atoms with E-state index in [-0.39, 0.29) is 30.8 Å². The Hall–Kier alpha value is -3.19. The van der Waals surface area contributed by atoms with Gasteiger partial charge in [0.15, 0.2) is 0 Å². The topological polar surface area (TPSA) is 65.6 Å². The fraction of sp³-hybridized carbons (Fsp3) is 0.385. The molecule has 0 saturated carbocycles. The van der Waals surface area contributed by atoms with Gasteiger partial charge in [-0.25, -0.2) is 4.39 Å². The first-order valence-electron chi connectivity index (χ1n) is 11.4. The summed E-state index contributed by atoms with van der Waals surface area (Å²) < 4.78 is 18.4. The van der Waals surface area contributed by atoms with Gasteiger partial charge in [0.1, 0.15) is 12.4 Å². The lowest BCUT2D eigenvalue weighted by Crippen LogP contribution is -2.44. The molecular formula is C26H32FN3O3. The van der Waals surface area contributed by atoms with E-state index >= 15 is 0 Å². The number of carbonyl (C=O) groups is 2. The van der Waals surface area contributed by atoms with Crippen LogP contribution in [0.2, 0.25) is 0 Å². The molecule has 0 aliphatic rings. The first kappa shape index (κ1) is 24.5. The van der Waals surface area contributed by atoms with Crippen molar-refractivity contribution < 1.29 is 18.7 Å². The Morgan fingerprint density at radius 1 is 1.00 bits per heavy atom. The number of carbonyl (C=O) groups excluding carboxylic acids is 2. The largest absolute Gasteiger partial charge is 0.375 e. The second-order valence-corrected chi connectivity index (χ2v) is 8.15. The van der Waals surface area contributed by atoms with Gasteiger partial charge in [0, 0.05) is 43.8 Å². The predicted octanol–water partition coefficient (Wildman–Crippen LogP) is 4.15. The quantitative estimate of drug-likeness (QED) is 0.448. The zero-order valence-corrected chi connectivity index (χ0v) is 19.4. The smallest absolute Gasteiger partial charge is 0.249 e. The van der Waals surface area contributed by atoms with Crippen LogP contribution in [0.25, 0.3) is 10.9 Å². The predicted molar refractivity (Wildman–Crippen MR) is 127 cm³/mol. The highest BCUT2D eigenvalue weighted by atomic mass is 19.1. The molecule has 0 atom stereocenters. The third kappa shape index (κ3) is 6.89. The van der Waals surface area contributed by atoms with Gasteiger partial charge in [-0.2, -0.15) is 0 Å². The van der Waals surface area contributed by atoms with Gasteiger partial charge >= 0.3 is 0 Å². The molecule has 3 rings (SSSR count). The maximum absolute atomic E-state index is 13.4. The van der Waals surface area contributed by atoms with Crippen molar-refractivity contribution in [3.05, 3.63) is 71.7 Å². The average molecular weight is 454 g/mol. The zero-order valence-electron chi connectivity index (χ0n) is 19.4. The number of fused-ring (bicyclic) bond motifs is 1. The summed E-state index contributed by atoms with van der Waals surface area (Å²) in [6.07, 6.45) is 4.37. The minimum absolute atomic E-state index is 0.00271. The molecule has 1 heterocycles. The number of hydrogen-bond acceptors (Lipinski definition) is 3. The van der Waals surface area contributed by atoms with Gasteiger partial charge < -0.3 is 19.5 Å². The van der Waals surface area contributed by atoms with E-state index in [1.54, 1.807) is 21.9 Å². The number of aromatic amines is 1.